The highest BCUT2D eigenvalue weighted by Crippen LogP contribution is 2.28. The summed E-state index contributed by atoms with van der Waals surface area (Å²) in [4.78, 5) is 0. The van der Waals surface area contributed by atoms with E-state index in [1.165, 1.54) is 37.8 Å². The van der Waals surface area contributed by atoms with Gasteiger partial charge >= 0.3 is 0 Å². The number of unbranched alkanes of at least 4 members (excludes halogenated alkanes) is 6. The summed E-state index contributed by atoms with van der Waals surface area (Å²) in [5, 5.41) is 9.92. The zero-order valence-corrected chi connectivity index (χ0v) is 13.6. The van der Waals surface area contributed by atoms with E-state index >= 15 is 0 Å². The first-order valence-corrected chi connectivity index (χ1v) is 8.18. The predicted octanol–water partition coefficient (Wildman–Crippen LogP) is 5.90. The van der Waals surface area contributed by atoms with Crippen molar-refractivity contribution >= 4 is 15.9 Å². The zero-order chi connectivity index (χ0) is 15.0. The van der Waals surface area contributed by atoms with E-state index in [0.717, 1.165) is 19.3 Å². The Labute approximate surface area is 128 Å². The van der Waals surface area contributed by atoms with Crippen LogP contribution >= 0.6 is 15.9 Å². The van der Waals surface area contributed by atoms with E-state index in [2.05, 4.69) is 22.9 Å². The summed E-state index contributed by atoms with van der Waals surface area (Å²) in [6, 6.07) is 2.37. The van der Waals surface area contributed by atoms with Gasteiger partial charge in [-0.3, -0.25) is 0 Å². The second-order valence-corrected chi connectivity index (χ2v) is 6.12. The topological polar surface area (TPSA) is 20.2 Å². The van der Waals surface area contributed by atoms with Crippen molar-refractivity contribution < 1.29 is 13.9 Å². The maximum absolute atomic E-state index is 13.6. The molecule has 0 aliphatic rings. The third kappa shape index (κ3) is 5.88. The Morgan fingerprint density at radius 3 is 2.05 bits per heavy atom. The van der Waals surface area contributed by atoms with E-state index in [1.54, 1.807) is 0 Å². The fraction of sp³-hybridized carbons (Fsp3) is 0.625. The highest BCUT2D eigenvalue weighted by Gasteiger charge is 2.18. The van der Waals surface area contributed by atoms with Crippen LogP contribution in [-0.2, 0) is 0 Å². The van der Waals surface area contributed by atoms with Crippen LogP contribution in [0.5, 0.6) is 0 Å². The summed E-state index contributed by atoms with van der Waals surface area (Å²) in [6.07, 6.45) is 7.20. The lowest BCUT2D eigenvalue weighted by molar-refractivity contribution is 0.154. The van der Waals surface area contributed by atoms with Crippen LogP contribution in [-0.4, -0.2) is 5.11 Å². The van der Waals surface area contributed by atoms with Gasteiger partial charge in [0.25, 0.3) is 0 Å². The maximum atomic E-state index is 13.6. The van der Waals surface area contributed by atoms with E-state index in [4.69, 9.17) is 0 Å². The standard InChI is InChI=1S/C16H23BrF2O/c1-2-3-4-5-6-7-8-9-15(20)16-13(18)10-12(17)11-14(16)19/h10-11,15,20H,2-9H2,1H3. The first-order chi connectivity index (χ1) is 9.56. The Morgan fingerprint density at radius 2 is 1.50 bits per heavy atom. The Kier molecular flexibility index (Phi) is 8.31. The monoisotopic (exact) mass is 348 g/mol. The molecule has 1 aromatic carbocycles. The molecule has 0 bridgehead atoms. The predicted molar refractivity (Wildman–Crippen MR) is 81.6 cm³/mol. The van der Waals surface area contributed by atoms with E-state index in [0.29, 0.717) is 10.9 Å². The quantitative estimate of drug-likeness (QED) is 0.550. The van der Waals surface area contributed by atoms with Gasteiger partial charge in [-0.1, -0.05) is 67.8 Å². The molecular formula is C16H23BrF2O. The summed E-state index contributed by atoms with van der Waals surface area (Å²) >= 11 is 3.03. The third-order valence-corrected chi connectivity index (χ3v) is 3.92. The van der Waals surface area contributed by atoms with Crippen LogP contribution in [0.4, 0.5) is 8.78 Å². The number of hydrogen-bond acceptors (Lipinski definition) is 1. The molecule has 0 saturated heterocycles. The molecule has 114 valence electrons. The molecule has 1 rings (SSSR count). The van der Waals surface area contributed by atoms with Gasteiger partial charge < -0.3 is 5.11 Å². The smallest absolute Gasteiger partial charge is 0.133 e. The molecule has 0 aliphatic carbocycles. The number of halogens is 3. The minimum Gasteiger partial charge on any atom is -0.388 e. The Morgan fingerprint density at radius 1 is 1.00 bits per heavy atom. The lowest BCUT2D eigenvalue weighted by atomic mass is 10.0. The van der Waals surface area contributed by atoms with Gasteiger partial charge in [-0.2, -0.15) is 0 Å². The lowest BCUT2D eigenvalue weighted by Crippen LogP contribution is -2.04. The first kappa shape index (κ1) is 17.6. The minimum absolute atomic E-state index is 0.209. The lowest BCUT2D eigenvalue weighted by Gasteiger charge is -2.13. The number of aliphatic hydroxyl groups excluding tert-OH is 1. The molecule has 1 aromatic rings. The van der Waals surface area contributed by atoms with E-state index < -0.39 is 17.7 Å². The molecular weight excluding hydrogens is 326 g/mol. The van der Waals surface area contributed by atoms with Crippen LogP contribution in [0.15, 0.2) is 16.6 Å². The van der Waals surface area contributed by atoms with Crippen LogP contribution in [0.1, 0.15) is 70.0 Å². The molecule has 0 heterocycles. The number of rotatable bonds is 9. The zero-order valence-electron chi connectivity index (χ0n) is 12.0. The van der Waals surface area contributed by atoms with Crippen molar-refractivity contribution in [3.63, 3.8) is 0 Å². The molecule has 1 atom stereocenters. The van der Waals surface area contributed by atoms with Crippen molar-refractivity contribution in [3.05, 3.63) is 33.8 Å². The molecule has 1 N–H and O–H groups in total. The molecule has 4 heteroatoms. The van der Waals surface area contributed by atoms with E-state index in [1.807, 2.05) is 0 Å². The van der Waals surface area contributed by atoms with Crippen LogP contribution in [0, 0.1) is 11.6 Å². The second kappa shape index (κ2) is 9.46. The van der Waals surface area contributed by atoms with Crippen LogP contribution in [0.2, 0.25) is 0 Å². The first-order valence-electron chi connectivity index (χ1n) is 7.38. The van der Waals surface area contributed by atoms with Crippen molar-refractivity contribution in [3.8, 4) is 0 Å². The third-order valence-electron chi connectivity index (χ3n) is 3.46. The molecule has 0 amide bonds. The Hall–Kier alpha value is -0.480. The molecule has 20 heavy (non-hydrogen) atoms. The van der Waals surface area contributed by atoms with Crippen LogP contribution < -0.4 is 0 Å². The number of hydrogen-bond donors (Lipinski definition) is 1. The average molecular weight is 349 g/mol. The van der Waals surface area contributed by atoms with Crippen molar-refractivity contribution in [1.29, 1.82) is 0 Å². The van der Waals surface area contributed by atoms with Crippen molar-refractivity contribution in [2.45, 2.75) is 64.4 Å². The molecule has 0 fully saturated rings. The molecule has 0 aliphatic heterocycles. The van der Waals surface area contributed by atoms with Crippen LogP contribution in [0.3, 0.4) is 0 Å². The van der Waals surface area contributed by atoms with E-state index in [-0.39, 0.29) is 5.56 Å². The van der Waals surface area contributed by atoms with Gasteiger partial charge in [-0.25, -0.2) is 8.78 Å². The summed E-state index contributed by atoms with van der Waals surface area (Å²) < 4.78 is 27.6. The highest BCUT2D eigenvalue weighted by molar-refractivity contribution is 9.10. The Balaban J connectivity index is 2.34. The normalized spacial score (nSPS) is 12.7. The van der Waals surface area contributed by atoms with Crippen molar-refractivity contribution in [2.75, 3.05) is 0 Å². The molecule has 0 radical (unpaired) electrons. The second-order valence-electron chi connectivity index (χ2n) is 5.21. The number of aliphatic hydroxyl groups is 1. The summed E-state index contributed by atoms with van der Waals surface area (Å²) in [7, 11) is 0. The molecule has 0 spiro atoms. The summed E-state index contributed by atoms with van der Waals surface area (Å²) in [5.41, 5.74) is -0.209. The maximum Gasteiger partial charge on any atom is 0.133 e. The summed E-state index contributed by atoms with van der Waals surface area (Å²) in [5.74, 6) is -1.38. The van der Waals surface area contributed by atoms with Gasteiger partial charge in [0, 0.05) is 4.47 Å². The molecule has 1 nitrogen and oxygen atoms in total. The van der Waals surface area contributed by atoms with Gasteiger partial charge in [0.2, 0.25) is 0 Å². The van der Waals surface area contributed by atoms with E-state index in [9.17, 15) is 13.9 Å². The SMILES string of the molecule is CCCCCCCCCC(O)c1c(F)cc(Br)cc1F. The van der Waals surface area contributed by atoms with Gasteiger partial charge in [-0.05, 0) is 18.6 Å². The fourth-order valence-corrected chi connectivity index (χ4v) is 2.71. The summed E-state index contributed by atoms with van der Waals surface area (Å²) in [6.45, 7) is 2.18. The van der Waals surface area contributed by atoms with Crippen LogP contribution in [0.25, 0.3) is 0 Å². The number of benzene rings is 1. The highest BCUT2D eigenvalue weighted by atomic mass is 79.9. The van der Waals surface area contributed by atoms with Gasteiger partial charge in [-0.15, -0.1) is 0 Å². The largest absolute Gasteiger partial charge is 0.388 e. The average Bonchev–Trinajstić information content (AvgIpc) is 2.36. The molecule has 0 saturated carbocycles. The minimum atomic E-state index is -1.06. The Bertz CT molecular complexity index is 386. The molecule has 0 aromatic heterocycles. The molecule has 1 unspecified atom stereocenters. The van der Waals surface area contributed by atoms with Crippen molar-refractivity contribution in [1.82, 2.24) is 0 Å². The van der Waals surface area contributed by atoms with Gasteiger partial charge in [0.1, 0.15) is 11.6 Å². The van der Waals surface area contributed by atoms with Crippen molar-refractivity contribution in [2.24, 2.45) is 0 Å². The van der Waals surface area contributed by atoms with Gasteiger partial charge in [0.05, 0.1) is 11.7 Å². The van der Waals surface area contributed by atoms with Gasteiger partial charge in [0.15, 0.2) is 0 Å². The fourth-order valence-electron chi connectivity index (χ4n) is 2.31.